The van der Waals surface area contributed by atoms with Crippen molar-refractivity contribution in [2.75, 3.05) is 13.6 Å². The Labute approximate surface area is 116 Å². The molecule has 0 aliphatic heterocycles. The highest BCUT2D eigenvalue weighted by atomic mass is 16.4. The number of carboxylic acid groups (broad SMARTS) is 1. The van der Waals surface area contributed by atoms with E-state index in [1.807, 2.05) is 6.07 Å². The highest BCUT2D eigenvalue weighted by Gasteiger charge is 2.19. The average Bonchev–Trinajstić information content (AvgIpc) is 2.45. The number of rotatable bonds is 4. The van der Waals surface area contributed by atoms with Gasteiger partial charge in [-0.25, -0.2) is 0 Å². The summed E-state index contributed by atoms with van der Waals surface area (Å²) in [4.78, 5) is 28.8. The minimum Gasteiger partial charge on any atom is -0.481 e. The zero-order valence-corrected chi connectivity index (χ0v) is 11.4. The lowest BCUT2D eigenvalue weighted by Gasteiger charge is -2.20. The Morgan fingerprint density at radius 3 is 2.80 bits per heavy atom. The lowest BCUT2D eigenvalue weighted by Crippen LogP contribution is -2.33. The van der Waals surface area contributed by atoms with Crippen LogP contribution < -0.4 is 0 Å². The number of aromatic nitrogens is 1. The van der Waals surface area contributed by atoms with E-state index >= 15 is 0 Å². The van der Waals surface area contributed by atoms with Gasteiger partial charge in [0, 0.05) is 36.9 Å². The molecule has 1 unspecified atom stereocenters. The van der Waals surface area contributed by atoms with Gasteiger partial charge in [0.2, 0.25) is 0 Å². The summed E-state index contributed by atoms with van der Waals surface area (Å²) in [5.41, 5.74) is 0.560. The SMILES string of the molecule is CC(CN(C)C(=O)c1cccc2cnccc12)C(=O)O. The van der Waals surface area contributed by atoms with E-state index in [1.54, 1.807) is 44.6 Å². The summed E-state index contributed by atoms with van der Waals surface area (Å²) in [6.07, 6.45) is 3.34. The second-order valence-electron chi connectivity index (χ2n) is 4.83. The summed E-state index contributed by atoms with van der Waals surface area (Å²) in [7, 11) is 1.61. The molecule has 5 nitrogen and oxygen atoms in total. The number of carbonyl (C=O) groups is 2. The molecule has 1 N–H and O–H groups in total. The maximum atomic E-state index is 12.4. The normalized spacial score (nSPS) is 12.1. The van der Waals surface area contributed by atoms with E-state index in [0.29, 0.717) is 5.56 Å². The van der Waals surface area contributed by atoms with Crippen molar-refractivity contribution in [3.05, 3.63) is 42.2 Å². The molecule has 0 bridgehead atoms. The molecule has 0 saturated heterocycles. The number of nitrogens with zero attached hydrogens (tertiary/aromatic N) is 2. The summed E-state index contributed by atoms with van der Waals surface area (Å²) in [6.45, 7) is 1.76. The van der Waals surface area contributed by atoms with E-state index in [2.05, 4.69) is 4.98 Å². The largest absolute Gasteiger partial charge is 0.481 e. The number of pyridine rings is 1. The van der Waals surface area contributed by atoms with Crippen molar-refractivity contribution in [1.29, 1.82) is 0 Å². The van der Waals surface area contributed by atoms with Crippen molar-refractivity contribution >= 4 is 22.6 Å². The van der Waals surface area contributed by atoms with Gasteiger partial charge >= 0.3 is 5.97 Å². The molecule has 0 spiro atoms. The van der Waals surface area contributed by atoms with Crippen molar-refractivity contribution < 1.29 is 14.7 Å². The lowest BCUT2D eigenvalue weighted by atomic mass is 10.0. The Kier molecular flexibility index (Phi) is 3.98. The number of fused-ring (bicyclic) bond motifs is 1. The van der Waals surface area contributed by atoms with Crippen molar-refractivity contribution in [2.24, 2.45) is 5.92 Å². The Hall–Kier alpha value is -2.43. The van der Waals surface area contributed by atoms with Gasteiger partial charge in [-0.15, -0.1) is 0 Å². The van der Waals surface area contributed by atoms with E-state index in [1.165, 1.54) is 4.90 Å². The quantitative estimate of drug-likeness (QED) is 0.924. The highest BCUT2D eigenvalue weighted by Crippen LogP contribution is 2.19. The van der Waals surface area contributed by atoms with Crippen LogP contribution in [-0.2, 0) is 4.79 Å². The van der Waals surface area contributed by atoms with Crippen LogP contribution >= 0.6 is 0 Å². The van der Waals surface area contributed by atoms with Crippen LogP contribution in [0.15, 0.2) is 36.7 Å². The van der Waals surface area contributed by atoms with Crippen LogP contribution in [0.2, 0.25) is 0 Å². The third-order valence-corrected chi connectivity index (χ3v) is 3.23. The zero-order chi connectivity index (χ0) is 14.7. The van der Waals surface area contributed by atoms with Gasteiger partial charge in [-0.3, -0.25) is 14.6 Å². The monoisotopic (exact) mass is 272 g/mol. The van der Waals surface area contributed by atoms with E-state index in [9.17, 15) is 9.59 Å². The Morgan fingerprint density at radius 2 is 2.10 bits per heavy atom. The van der Waals surface area contributed by atoms with Gasteiger partial charge < -0.3 is 10.0 Å². The van der Waals surface area contributed by atoms with Crippen molar-refractivity contribution in [3.8, 4) is 0 Å². The molecule has 0 radical (unpaired) electrons. The standard InChI is InChI=1S/C15H16N2O3/c1-10(15(19)20)9-17(2)14(18)13-5-3-4-11-8-16-7-6-12(11)13/h3-8,10H,9H2,1-2H3,(H,19,20). The first-order valence-corrected chi connectivity index (χ1v) is 6.31. The Balaban J connectivity index is 2.29. The molecule has 1 atom stereocenters. The number of carboxylic acids is 1. The molecule has 104 valence electrons. The van der Waals surface area contributed by atoms with E-state index in [4.69, 9.17) is 5.11 Å². The van der Waals surface area contributed by atoms with Crippen molar-refractivity contribution in [3.63, 3.8) is 0 Å². The number of carbonyl (C=O) groups excluding carboxylic acids is 1. The molecule has 1 heterocycles. The lowest BCUT2D eigenvalue weighted by molar-refractivity contribution is -0.141. The van der Waals surface area contributed by atoms with E-state index in [0.717, 1.165) is 10.8 Å². The molecule has 1 amide bonds. The number of hydrogen-bond acceptors (Lipinski definition) is 3. The minimum absolute atomic E-state index is 0.176. The number of aliphatic carboxylic acids is 1. The summed E-state index contributed by atoms with van der Waals surface area (Å²) in [5.74, 6) is -1.69. The van der Waals surface area contributed by atoms with Gasteiger partial charge in [-0.05, 0) is 17.5 Å². The molecule has 1 aromatic carbocycles. The fraction of sp³-hybridized carbons (Fsp3) is 0.267. The number of benzene rings is 1. The summed E-state index contributed by atoms with van der Waals surface area (Å²) >= 11 is 0. The van der Waals surface area contributed by atoms with Crippen molar-refractivity contribution in [2.45, 2.75) is 6.92 Å². The molecule has 1 aromatic heterocycles. The van der Waals surface area contributed by atoms with Crippen LogP contribution in [0.4, 0.5) is 0 Å². The maximum absolute atomic E-state index is 12.4. The topological polar surface area (TPSA) is 70.5 Å². The van der Waals surface area contributed by atoms with Crippen LogP contribution in [0.25, 0.3) is 10.8 Å². The van der Waals surface area contributed by atoms with Crippen LogP contribution in [0.1, 0.15) is 17.3 Å². The predicted molar refractivity (Wildman–Crippen MR) is 75.5 cm³/mol. The molecule has 0 saturated carbocycles. The van der Waals surface area contributed by atoms with Crippen LogP contribution in [-0.4, -0.2) is 40.5 Å². The van der Waals surface area contributed by atoms with Crippen molar-refractivity contribution in [1.82, 2.24) is 9.88 Å². The highest BCUT2D eigenvalue weighted by molar-refractivity contribution is 6.06. The third-order valence-electron chi connectivity index (χ3n) is 3.23. The molecular weight excluding hydrogens is 256 g/mol. The van der Waals surface area contributed by atoms with Gasteiger partial charge in [-0.1, -0.05) is 19.1 Å². The molecule has 2 aromatic rings. The summed E-state index contributed by atoms with van der Waals surface area (Å²) < 4.78 is 0. The average molecular weight is 272 g/mol. The van der Waals surface area contributed by atoms with Gasteiger partial charge in [0.1, 0.15) is 0 Å². The van der Waals surface area contributed by atoms with E-state index in [-0.39, 0.29) is 12.5 Å². The fourth-order valence-electron chi connectivity index (χ4n) is 2.09. The first-order chi connectivity index (χ1) is 9.50. The minimum atomic E-state index is -0.910. The number of hydrogen-bond donors (Lipinski definition) is 1. The van der Waals surface area contributed by atoms with Gasteiger partial charge in [0.15, 0.2) is 0 Å². The van der Waals surface area contributed by atoms with Crippen LogP contribution in [0.3, 0.4) is 0 Å². The molecule has 5 heteroatoms. The smallest absolute Gasteiger partial charge is 0.308 e. The summed E-state index contributed by atoms with van der Waals surface area (Å²) in [6, 6.07) is 7.22. The van der Waals surface area contributed by atoms with Crippen LogP contribution in [0, 0.1) is 5.92 Å². The molecule has 0 fully saturated rings. The molecule has 0 aliphatic carbocycles. The van der Waals surface area contributed by atoms with Gasteiger partial charge in [0.05, 0.1) is 5.92 Å². The predicted octanol–water partition coefficient (Wildman–Crippen LogP) is 2.03. The molecule has 20 heavy (non-hydrogen) atoms. The second kappa shape index (κ2) is 5.69. The van der Waals surface area contributed by atoms with E-state index < -0.39 is 11.9 Å². The molecule has 2 rings (SSSR count). The summed E-state index contributed by atoms with van der Waals surface area (Å²) in [5, 5.41) is 10.6. The fourth-order valence-corrected chi connectivity index (χ4v) is 2.09. The van der Waals surface area contributed by atoms with Crippen LogP contribution in [0.5, 0.6) is 0 Å². The van der Waals surface area contributed by atoms with Gasteiger partial charge in [-0.2, -0.15) is 0 Å². The zero-order valence-electron chi connectivity index (χ0n) is 11.4. The first kappa shape index (κ1) is 14.0. The molecular formula is C15H16N2O3. The molecule has 0 aliphatic rings. The Bertz CT molecular complexity index is 649. The van der Waals surface area contributed by atoms with Gasteiger partial charge in [0.25, 0.3) is 5.91 Å². The third kappa shape index (κ3) is 2.77. The second-order valence-corrected chi connectivity index (χ2v) is 4.83. The number of amides is 1. The first-order valence-electron chi connectivity index (χ1n) is 6.31. The maximum Gasteiger partial charge on any atom is 0.308 e. The Morgan fingerprint density at radius 1 is 1.35 bits per heavy atom.